The second-order valence-corrected chi connectivity index (χ2v) is 5.20. The fourth-order valence-corrected chi connectivity index (χ4v) is 2.37. The maximum absolute atomic E-state index is 11.9. The minimum absolute atomic E-state index is 0.0614. The molecule has 2 rings (SSSR count). The summed E-state index contributed by atoms with van der Waals surface area (Å²) in [5.74, 6) is 0. The van der Waals surface area contributed by atoms with Crippen molar-refractivity contribution < 1.29 is 0 Å². The van der Waals surface area contributed by atoms with Crippen molar-refractivity contribution in [3.05, 3.63) is 63.6 Å². The third-order valence-corrected chi connectivity index (χ3v) is 3.60. The first-order chi connectivity index (χ1) is 10.1. The van der Waals surface area contributed by atoms with E-state index in [0.717, 1.165) is 18.7 Å². The lowest BCUT2D eigenvalue weighted by atomic mass is 10.0. The molecule has 1 aromatic carbocycles. The molecule has 0 bridgehead atoms. The first-order valence-electron chi connectivity index (χ1n) is 7.51. The molecule has 0 saturated heterocycles. The highest BCUT2D eigenvalue weighted by molar-refractivity contribution is 5.25. The predicted octanol–water partition coefficient (Wildman–Crippen LogP) is 2.46. The number of hydrogen-bond donors (Lipinski definition) is 1. The van der Waals surface area contributed by atoms with Crippen LogP contribution in [-0.4, -0.2) is 16.3 Å². The normalized spacial score (nSPS) is 12.3. The average Bonchev–Trinajstić information content (AvgIpc) is 2.50. The van der Waals surface area contributed by atoms with Gasteiger partial charge in [-0.2, -0.15) is 5.10 Å². The molecule has 0 saturated carbocycles. The van der Waals surface area contributed by atoms with E-state index < -0.39 is 0 Å². The Morgan fingerprint density at radius 2 is 1.86 bits per heavy atom. The lowest BCUT2D eigenvalue weighted by molar-refractivity contribution is 0.432. The number of likely N-dealkylation sites (N-methyl/N-ethyl adjacent to an activating group) is 1. The van der Waals surface area contributed by atoms with Gasteiger partial charge >= 0.3 is 0 Å². The van der Waals surface area contributed by atoms with Crippen LogP contribution in [0.2, 0.25) is 0 Å². The monoisotopic (exact) mass is 285 g/mol. The molecule has 1 aromatic heterocycles. The molecule has 1 unspecified atom stereocenters. The number of rotatable bonds is 6. The lowest BCUT2D eigenvalue weighted by Gasteiger charge is -2.19. The SMILES string of the molecule is CCNC(Cn1nc(C)ccc1=O)c1ccc(CC)cc1. The van der Waals surface area contributed by atoms with Crippen LogP contribution in [0.1, 0.15) is 36.7 Å². The van der Waals surface area contributed by atoms with Crippen LogP contribution < -0.4 is 10.9 Å². The smallest absolute Gasteiger partial charge is 0.266 e. The largest absolute Gasteiger partial charge is 0.309 e. The van der Waals surface area contributed by atoms with Gasteiger partial charge in [0.05, 0.1) is 18.3 Å². The third kappa shape index (κ3) is 4.02. The topological polar surface area (TPSA) is 46.9 Å². The molecule has 4 heteroatoms. The summed E-state index contributed by atoms with van der Waals surface area (Å²) in [6.45, 7) is 7.50. The highest BCUT2D eigenvalue weighted by Crippen LogP contribution is 2.15. The van der Waals surface area contributed by atoms with Crippen LogP contribution >= 0.6 is 0 Å². The van der Waals surface area contributed by atoms with Gasteiger partial charge in [-0.25, -0.2) is 4.68 Å². The average molecular weight is 285 g/mol. The van der Waals surface area contributed by atoms with Crippen LogP contribution in [0.4, 0.5) is 0 Å². The molecule has 0 radical (unpaired) electrons. The van der Waals surface area contributed by atoms with Gasteiger partial charge in [0, 0.05) is 6.07 Å². The minimum atomic E-state index is -0.0614. The van der Waals surface area contributed by atoms with Gasteiger partial charge in [-0.15, -0.1) is 0 Å². The van der Waals surface area contributed by atoms with Crippen molar-refractivity contribution in [1.82, 2.24) is 15.1 Å². The van der Waals surface area contributed by atoms with Gasteiger partial charge in [0.1, 0.15) is 0 Å². The van der Waals surface area contributed by atoms with Gasteiger partial charge < -0.3 is 5.32 Å². The van der Waals surface area contributed by atoms with Gasteiger partial charge in [0.15, 0.2) is 0 Å². The molecule has 0 fully saturated rings. The van der Waals surface area contributed by atoms with E-state index in [0.29, 0.717) is 6.54 Å². The Morgan fingerprint density at radius 3 is 2.48 bits per heavy atom. The highest BCUT2D eigenvalue weighted by atomic mass is 16.1. The fraction of sp³-hybridized carbons (Fsp3) is 0.412. The Morgan fingerprint density at radius 1 is 1.14 bits per heavy atom. The number of nitrogens with zero attached hydrogens (tertiary/aromatic N) is 2. The van der Waals surface area contributed by atoms with Gasteiger partial charge in [0.2, 0.25) is 0 Å². The molecular weight excluding hydrogens is 262 g/mol. The van der Waals surface area contributed by atoms with E-state index in [9.17, 15) is 4.79 Å². The van der Waals surface area contributed by atoms with Crippen LogP contribution in [0.25, 0.3) is 0 Å². The molecule has 2 aromatic rings. The van der Waals surface area contributed by atoms with Crippen LogP contribution in [0.3, 0.4) is 0 Å². The van der Waals surface area contributed by atoms with Gasteiger partial charge in [-0.05, 0) is 37.1 Å². The van der Waals surface area contributed by atoms with E-state index >= 15 is 0 Å². The van der Waals surface area contributed by atoms with Crippen molar-refractivity contribution in [2.24, 2.45) is 0 Å². The van der Waals surface area contributed by atoms with Crippen molar-refractivity contribution in [2.45, 2.75) is 39.8 Å². The molecule has 1 heterocycles. The van der Waals surface area contributed by atoms with Crippen molar-refractivity contribution in [1.29, 1.82) is 0 Å². The number of hydrogen-bond acceptors (Lipinski definition) is 3. The second kappa shape index (κ2) is 7.18. The third-order valence-electron chi connectivity index (χ3n) is 3.60. The molecule has 1 N–H and O–H groups in total. The Hall–Kier alpha value is -1.94. The maximum Gasteiger partial charge on any atom is 0.266 e. The van der Waals surface area contributed by atoms with E-state index in [-0.39, 0.29) is 11.6 Å². The minimum Gasteiger partial charge on any atom is -0.309 e. The van der Waals surface area contributed by atoms with Crippen molar-refractivity contribution in [3.63, 3.8) is 0 Å². The van der Waals surface area contributed by atoms with Crippen molar-refractivity contribution in [3.8, 4) is 0 Å². The number of nitrogens with one attached hydrogen (secondary N) is 1. The number of aryl methyl sites for hydroxylation is 2. The second-order valence-electron chi connectivity index (χ2n) is 5.20. The summed E-state index contributed by atoms with van der Waals surface area (Å²) in [4.78, 5) is 11.9. The van der Waals surface area contributed by atoms with Crippen molar-refractivity contribution >= 4 is 0 Å². The fourth-order valence-electron chi connectivity index (χ4n) is 2.37. The van der Waals surface area contributed by atoms with E-state index in [1.165, 1.54) is 15.8 Å². The molecule has 0 amide bonds. The van der Waals surface area contributed by atoms with Gasteiger partial charge in [0.25, 0.3) is 5.56 Å². The summed E-state index contributed by atoms with van der Waals surface area (Å²) < 4.78 is 1.54. The molecule has 21 heavy (non-hydrogen) atoms. The molecule has 0 spiro atoms. The Bertz CT molecular complexity index is 631. The summed E-state index contributed by atoms with van der Waals surface area (Å²) in [5, 5.41) is 7.75. The number of benzene rings is 1. The number of aromatic nitrogens is 2. The van der Waals surface area contributed by atoms with E-state index in [1.807, 2.05) is 6.92 Å². The molecular formula is C17H23N3O. The molecule has 112 valence electrons. The van der Waals surface area contributed by atoms with Crippen LogP contribution in [0.15, 0.2) is 41.2 Å². The highest BCUT2D eigenvalue weighted by Gasteiger charge is 2.12. The standard InChI is InChI=1S/C17H23N3O/c1-4-14-7-9-15(10-8-14)16(18-5-2)12-20-17(21)11-6-13(3)19-20/h6-11,16,18H,4-5,12H2,1-3H3. The molecule has 0 aliphatic carbocycles. The molecule has 0 aliphatic rings. The molecule has 0 aliphatic heterocycles. The zero-order valence-electron chi connectivity index (χ0n) is 13.0. The first-order valence-corrected chi connectivity index (χ1v) is 7.51. The first kappa shape index (κ1) is 15.4. The maximum atomic E-state index is 11.9. The summed E-state index contributed by atoms with van der Waals surface area (Å²) in [5.41, 5.74) is 3.30. The van der Waals surface area contributed by atoms with E-state index in [2.05, 4.69) is 48.5 Å². The summed E-state index contributed by atoms with van der Waals surface area (Å²) in [6, 6.07) is 12.0. The van der Waals surface area contributed by atoms with Gasteiger partial charge in [-0.3, -0.25) is 4.79 Å². The van der Waals surface area contributed by atoms with E-state index in [4.69, 9.17) is 0 Å². The Kier molecular flexibility index (Phi) is 5.28. The zero-order chi connectivity index (χ0) is 15.2. The Balaban J connectivity index is 2.25. The summed E-state index contributed by atoms with van der Waals surface area (Å²) in [6.07, 6.45) is 1.03. The summed E-state index contributed by atoms with van der Waals surface area (Å²) in [7, 11) is 0. The molecule has 4 nitrogen and oxygen atoms in total. The van der Waals surface area contributed by atoms with Gasteiger partial charge in [-0.1, -0.05) is 38.1 Å². The van der Waals surface area contributed by atoms with Crippen LogP contribution in [0.5, 0.6) is 0 Å². The predicted molar refractivity (Wildman–Crippen MR) is 85.5 cm³/mol. The summed E-state index contributed by atoms with van der Waals surface area (Å²) >= 11 is 0. The lowest BCUT2D eigenvalue weighted by Crippen LogP contribution is -2.31. The van der Waals surface area contributed by atoms with Crippen LogP contribution in [-0.2, 0) is 13.0 Å². The van der Waals surface area contributed by atoms with Crippen molar-refractivity contribution in [2.75, 3.05) is 6.54 Å². The molecule has 1 atom stereocenters. The Labute approximate surface area is 125 Å². The van der Waals surface area contributed by atoms with E-state index in [1.54, 1.807) is 12.1 Å². The quantitative estimate of drug-likeness (QED) is 0.887. The zero-order valence-corrected chi connectivity index (χ0v) is 13.0. The van der Waals surface area contributed by atoms with Crippen LogP contribution in [0, 0.1) is 6.92 Å².